The van der Waals surface area contributed by atoms with Crippen LogP contribution in [0.15, 0.2) is 70.9 Å². The van der Waals surface area contributed by atoms with Crippen molar-refractivity contribution in [3.63, 3.8) is 0 Å². The molecule has 2 atom stereocenters. The van der Waals surface area contributed by atoms with Gasteiger partial charge in [0, 0.05) is 42.6 Å². The molecule has 0 bridgehead atoms. The van der Waals surface area contributed by atoms with Crippen molar-refractivity contribution in [3.05, 3.63) is 87.1 Å². The molecule has 9 heteroatoms. The number of fused-ring (bicyclic) bond motifs is 1. The smallest absolute Gasteiger partial charge is 0.243 e. The molecule has 5 rings (SSSR count). The van der Waals surface area contributed by atoms with E-state index in [1.54, 1.807) is 23.5 Å². The van der Waals surface area contributed by atoms with Crippen LogP contribution in [0, 0.1) is 0 Å². The Labute approximate surface area is 215 Å². The van der Waals surface area contributed by atoms with Crippen LogP contribution in [-0.4, -0.2) is 67.2 Å². The quantitative estimate of drug-likeness (QED) is 0.495. The summed E-state index contributed by atoms with van der Waals surface area (Å²) in [6, 6.07) is 18.5. The van der Waals surface area contributed by atoms with Gasteiger partial charge in [-0.15, -0.1) is 11.3 Å². The monoisotopic (exact) mass is 529 g/mol. The normalized spacial score (nSPS) is 20.4. The highest BCUT2D eigenvalue weighted by Crippen LogP contribution is 2.39. The van der Waals surface area contributed by atoms with Crippen LogP contribution < -0.4 is 0 Å². The first kappa shape index (κ1) is 24.5. The molecule has 0 saturated carbocycles. The van der Waals surface area contributed by atoms with Gasteiger partial charge in [0.1, 0.15) is 0 Å². The predicted octanol–water partition coefficient (Wildman–Crippen LogP) is 4.27. The third kappa shape index (κ3) is 4.78. The SMILES string of the molecule is CC(C(=O)N1CCN(S(=O)(=O)c2ccc(Cl)cc2)CC1)N1CCc2sccc2C1c1ccccc1. The van der Waals surface area contributed by atoms with Crippen molar-refractivity contribution in [2.75, 3.05) is 32.7 Å². The summed E-state index contributed by atoms with van der Waals surface area (Å²) in [7, 11) is -3.61. The van der Waals surface area contributed by atoms with Gasteiger partial charge in [0.15, 0.2) is 0 Å². The van der Waals surface area contributed by atoms with E-state index in [2.05, 4.69) is 28.5 Å². The van der Waals surface area contributed by atoms with Crippen molar-refractivity contribution >= 4 is 38.9 Å². The molecule has 1 aromatic heterocycles. The van der Waals surface area contributed by atoms with Gasteiger partial charge in [-0.25, -0.2) is 8.42 Å². The van der Waals surface area contributed by atoms with E-state index in [-0.39, 0.29) is 36.0 Å². The summed E-state index contributed by atoms with van der Waals surface area (Å²) in [6.07, 6.45) is 0.932. The van der Waals surface area contributed by atoms with Crippen LogP contribution in [0.25, 0.3) is 0 Å². The van der Waals surface area contributed by atoms with Crippen LogP contribution in [-0.2, 0) is 21.2 Å². The van der Waals surface area contributed by atoms with Gasteiger partial charge in [-0.3, -0.25) is 9.69 Å². The van der Waals surface area contributed by atoms with E-state index in [1.807, 2.05) is 30.0 Å². The van der Waals surface area contributed by atoms with Gasteiger partial charge in [-0.1, -0.05) is 41.9 Å². The van der Waals surface area contributed by atoms with Gasteiger partial charge in [0.2, 0.25) is 15.9 Å². The first-order valence-electron chi connectivity index (χ1n) is 11.8. The molecule has 35 heavy (non-hydrogen) atoms. The molecule has 3 aromatic rings. The van der Waals surface area contributed by atoms with Crippen LogP contribution in [0.3, 0.4) is 0 Å². The summed E-state index contributed by atoms with van der Waals surface area (Å²) in [6.45, 7) is 4.10. The number of hydrogen-bond acceptors (Lipinski definition) is 5. The van der Waals surface area contributed by atoms with Crippen LogP contribution in [0.4, 0.5) is 0 Å². The molecule has 0 spiro atoms. The molecular formula is C26H28ClN3O3S2. The fourth-order valence-corrected chi connectivity index (χ4v) is 7.52. The maximum Gasteiger partial charge on any atom is 0.243 e. The molecule has 2 unspecified atom stereocenters. The lowest BCUT2D eigenvalue weighted by molar-refractivity contribution is -0.138. The Morgan fingerprint density at radius 1 is 0.971 bits per heavy atom. The lowest BCUT2D eigenvalue weighted by Crippen LogP contribution is -2.56. The van der Waals surface area contributed by atoms with Crippen molar-refractivity contribution in [3.8, 4) is 0 Å². The number of rotatable bonds is 5. The Balaban J connectivity index is 1.30. The summed E-state index contributed by atoms with van der Waals surface area (Å²) in [5, 5.41) is 2.63. The zero-order chi connectivity index (χ0) is 24.6. The van der Waals surface area contributed by atoms with E-state index in [4.69, 9.17) is 11.6 Å². The number of halogens is 1. The standard InChI is InChI=1S/C26H28ClN3O3S2/c1-19(30-13-11-24-23(12-18-34-24)25(30)20-5-3-2-4-6-20)26(31)28-14-16-29(17-15-28)35(32,33)22-9-7-21(27)8-10-22/h2-10,12,18-19,25H,11,13-17H2,1H3. The zero-order valence-corrected chi connectivity index (χ0v) is 21.9. The third-order valence-electron chi connectivity index (χ3n) is 6.98. The van der Waals surface area contributed by atoms with Crippen molar-refractivity contribution in [2.45, 2.75) is 30.3 Å². The molecule has 1 saturated heterocycles. The highest BCUT2D eigenvalue weighted by molar-refractivity contribution is 7.89. The topological polar surface area (TPSA) is 60.9 Å². The highest BCUT2D eigenvalue weighted by atomic mass is 35.5. The summed E-state index contributed by atoms with van der Waals surface area (Å²) < 4.78 is 27.5. The minimum absolute atomic E-state index is 0.0386. The average Bonchev–Trinajstić information content (AvgIpc) is 3.37. The Morgan fingerprint density at radius 2 is 1.66 bits per heavy atom. The lowest BCUT2D eigenvalue weighted by Gasteiger charge is -2.42. The number of hydrogen-bond donors (Lipinski definition) is 0. The first-order chi connectivity index (χ1) is 16.9. The van der Waals surface area contributed by atoms with Crippen molar-refractivity contribution in [1.82, 2.24) is 14.1 Å². The van der Waals surface area contributed by atoms with E-state index >= 15 is 0 Å². The summed E-state index contributed by atoms with van der Waals surface area (Å²) in [4.78, 5) is 19.3. The number of piperazine rings is 1. The largest absolute Gasteiger partial charge is 0.339 e. The maximum absolute atomic E-state index is 13.6. The second-order valence-electron chi connectivity index (χ2n) is 8.96. The number of benzene rings is 2. The van der Waals surface area contributed by atoms with E-state index in [1.165, 1.54) is 32.4 Å². The zero-order valence-electron chi connectivity index (χ0n) is 19.5. The molecule has 0 aliphatic carbocycles. The van der Waals surface area contributed by atoms with Crippen molar-refractivity contribution in [2.24, 2.45) is 0 Å². The van der Waals surface area contributed by atoms with Gasteiger partial charge in [0.05, 0.1) is 17.0 Å². The van der Waals surface area contributed by atoms with E-state index < -0.39 is 10.0 Å². The second kappa shape index (κ2) is 10.0. The van der Waals surface area contributed by atoms with Gasteiger partial charge in [0.25, 0.3) is 0 Å². The number of carbonyl (C=O) groups excluding carboxylic acids is 1. The lowest BCUT2D eigenvalue weighted by atomic mass is 9.92. The molecule has 3 heterocycles. The fraction of sp³-hybridized carbons (Fsp3) is 0.346. The van der Waals surface area contributed by atoms with Crippen LogP contribution in [0.5, 0.6) is 0 Å². The van der Waals surface area contributed by atoms with Gasteiger partial charge in [-0.05, 0) is 60.2 Å². The predicted molar refractivity (Wildman–Crippen MR) is 139 cm³/mol. The van der Waals surface area contributed by atoms with Crippen molar-refractivity contribution in [1.29, 1.82) is 0 Å². The second-order valence-corrected chi connectivity index (χ2v) is 12.3. The fourth-order valence-electron chi connectivity index (χ4n) is 5.07. The van der Waals surface area contributed by atoms with Crippen LogP contribution in [0.1, 0.15) is 29.0 Å². The van der Waals surface area contributed by atoms with Gasteiger partial charge < -0.3 is 4.90 Å². The minimum atomic E-state index is -3.61. The molecule has 184 valence electrons. The Hall–Kier alpha value is -2.23. The minimum Gasteiger partial charge on any atom is -0.339 e. The molecule has 6 nitrogen and oxygen atoms in total. The third-order valence-corrected chi connectivity index (χ3v) is 10.1. The van der Waals surface area contributed by atoms with Gasteiger partial charge >= 0.3 is 0 Å². The molecule has 2 aliphatic rings. The van der Waals surface area contributed by atoms with Crippen molar-refractivity contribution < 1.29 is 13.2 Å². The molecule has 1 fully saturated rings. The summed E-state index contributed by atoms with van der Waals surface area (Å²) in [5.74, 6) is 0.0492. The van der Waals surface area contributed by atoms with E-state index in [0.29, 0.717) is 18.1 Å². The van der Waals surface area contributed by atoms with E-state index in [0.717, 1.165) is 13.0 Å². The Kier molecular flexibility index (Phi) is 7.01. The maximum atomic E-state index is 13.6. The number of sulfonamides is 1. The highest BCUT2D eigenvalue weighted by Gasteiger charge is 2.38. The molecule has 1 amide bonds. The number of thiophene rings is 1. The number of amides is 1. The average molecular weight is 530 g/mol. The molecule has 2 aliphatic heterocycles. The molecular weight excluding hydrogens is 502 g/mol. The molecule has 2 aromatic carbocycles. The molecule has 0 N–H and O–H groups in total. The van der Waals surface area contributed by atoms with Crippen LogP contribution in [0.2, 0.25) is 5.02 Å². The summed E-state index contributed by atoms with van der Waals surface area (Å²) in [5.41, 5.74) is 2.47. The van der Waals surface area contributed by atoms with Crippen LogP contribution >= 0.6 is 22.9 Å². The summed E-state index contributed by atoms with van der Waals surface area (Å²) >= 11 is 7.69. The van der Waals surface area contributed by atoms with E-state index in [9.17, 15) is 13.2 Å². The number of nitrogens with zero attached hydrogens (tertiary/aromatic N) is 3. The van der Waals surface area contributed by atoms with Gasteiger partial charge in [-0.2, -0.15) is 4.31 Å². The first-order valence-corrected chi connectivity index (χ1v) is 14.5. The number of carbonyl (C=O) groups is 1. The molecule has 0 radical (unpaired) electrons. The Bertz CT molecular complexity index is 1290. The Morgan fingerprint density at radius 3 is 2.34 bits per heavy atom.